The smallest absolute Gasteiger partial charge is 0.173 e. The van der Waals surface area contributed by atoms with Gasteiger partial charge in [0, 0.05) is 6.07 Å². The Balaban J connectivity index is 2.26. The zero-order valence-electron chi connectivity index (χ0n) is 9.74. The number of aromatic hydroxyl groups is 1. The topological polar surface area (TPSA) is 72.3 Å². The molecule has 0 spiro atoms. The number of hydrogen-bond donors (Lipinski definition) is 2. The monoisotopic (exact) mass is 264 g/mol. The molecule has 0 unspecified atom stereocenters. The second-order valence-corrected chi connectivity index (χ2v) is 4.95. The number of rotatable bonds is 1. The highest BCUT2D eigenvalue weighted by molar-refractivity contribution is 6.32. The van der Waals surface area contributed by atoms with Crippen LogP contribution in [0.25, 0.3) is 11.3 Å². The Morgan fingerprint density at radius 3 is 2.78 bits per heavy atom. The molecule has 1 aromatic carbocycles. The summed E-state index contributed by atoms with van der Waals surface area (Å²) in [4.78, 5) is 0. The Hall–Kier alpha value is -1.68. The lowest BCUT2D eigenvalue weighted by molar-refractivity contribution is 0.428. The van der Waals surface area contributed by atoms with Gasteiger partial charge in [-0.05, 0) is 42.9 Å². The van der Waals surface area contributed by atoms with Crippen molar-refractivity contribution in [2.75, 3.05) is 5.73 Å². The molecule has 0 amide bonds. The maximum Gasteiger partial charge on any atom is 0.173 e. The molecule has 1 heterocycles. The summed E-state index contributed by atoms with van der Waals surface area (Å²) in [6, 6.07) is 3.45. The Labute approximate surface area is 109 Å². The van der Waals surface area contributed by atoms with Gasteiger partial charge in [-0.25, -0.2) is 0 Å². The fraction of sp³-hybridized carbons (Fsp3) is 0.308. The molecule has 3 N–H and O–H groups in total. The van der Waals surface area contributed by atoms with Crippen molar-refractivity contribution in [3.63, 3.8) is 0 Å². The first-order chi connectivity index (χ1) is 8.66. The largest absolute Gasteiger partial charge is 0.506 e. The van der Waals surface area contributed by atoms with Crippen molar-refractivity contribution in [3.8, 4) is 17.1 Å². The van der Waals surface area contributed by atoms with Crippen LogP contribution in [0.1, 0.15) is 24.0 Å². The highest BCUT2D eigenvalue weighted by Crippen LogP contribution is 2.42. The number of nitrogens with two attached hydrogens (primary N) is 1. The maximum atomic E-state index is 10.2. The van der Waals surface area contributed by atoms with E-state index in [-0.39, 0.29) is 5.75 Å². The molecule has 4 nitrogen and oxygen atoms in total. The van der Waals surface area contributed by atoms with E-state index >= 15 is 0 Å². The molecule has 0 saturated heterocycles. The number of anilines is 1. The predicted octanol–water partition coefficient (Wildman–Crippen LogP) is 3.16. The molecule has 5 heteroatoms. The highest BCUT2D eigenvalue weighted by Gasteiger charge is 2.23. The van der Waals surface area contributed by atoms with E-state index in [4.69, 9.17) is 21.9 Å². The second kappa shape index (κ2) is 4.21. The number of aromatic nitrogens is 1. The molecular formula is C13H13ClN2O2. The molecule has 0 aliphatic heterocycles. The third kappa shape index (κ3) is 1.73. The summed E-state index contributed by atoms with van der Waals surface area (Å²) in [5.74, 6) is 0.827. The van der Waals surface area contributed by atoms with Crippen molar-refractivity contribution in [3.05, 3.63) is 28.3 Å². The lowest BCUT2D eigenvalue weighted by Gasteiger charge is -2.20. The van der Waals surface area contributed by atoms with Crippen molar-refractivity contribution in [1.82, 2.24) is 5.16 Å². The highest BCUT2D eigenvalue weighted by atomic mass is 35.5. The minimum absolute atomic E-state index is 0.0495. The van der Waals surface area contributed by atoms with E-state index in [1.54, 1.807) is 6.07 Å². The summed E-state index contributed by atoms with van der Waals surface area (Å²) >= 11 is 6.06. The Morgan fingerprint density at radius 2 is 2.06 bits per heavy atom. The van der Waals surface area contributed by atoms with Gasteiger partial charge in [-0.1, -0.05) is 16.8 Å². The minimum atomic E-state index is 0.0495. The van der Waals surface area contributed by atoms with Crippen LogP contribution < -0.4 is 5.73 Å². The van der Waals surface area contributed by atoms with Gasteiger partial charge in [0.15, 0.2) is 11.6 Å². The van der Waals surface area contributed by atoms with Crippen LogP contribution in [0, 0.1) is 0 Å². The van der Waals surface area contributed by atoms with E-state index in [1.165, 1.54) is 5.56 Å². The minimum Gasteiger partial charge on any atom is -0.506 e. The molecule has 0 radical (unpaired) electrons. The first-order valence-electron chi connectivity index (χ1n) is 5.92. The summed E-state index contributed by atoms with van der Waals surface area (Å²) in [7, 11) is 0. The first kappa shape index (κ1) is 11.4. The fourth-order valence-corrected chi connectivity index (χ4v) is 2.76. The van der Waals surface area contributed by atoms with Crippen molar-refractivity contribution in [1.29, 1.82) is 0 Å². The number of benzene rings is 1. The lowest BCUT2D eigenvalue weighted by atomic mass is 9.87. The van der Waals surface area contributed by atoms with Crippen molar-refractivity contribution >= 4 is 17.4 Å². The van der Waals surface area contributed by atoms with Crippen LogP contribution in [-0.4, -0.2) is 10.3 Å². The van der Waals surface area contributed by atoms with Gasteiger partial charge < -0.3 is 15.4 Å². The number of hydrogen-bond acceptors (Lipinski definition) is 4. The molecule has 1 aliphatic carbocycles. The van der Waals surface area contributed by atoms with Gasteiger partial charge in [0.25, 0.3) is 0 Å². The molecule has 3 rings (SSSR count). The van der Waals surface area contributed by atoms with E-state index in [1.807, 2.05) is 6.07 Å². The first-order valence-corrected chi connectivity index (χ1v) is 6.30. The lowest BCUT2D eigenvalue weighted by Crippen LogP contribution is -2.04. The van der Waals surface area contributed by atoms with Crippen molar-refractivity contribution in [2.24, 2.45) is 0 Å². The zero-order chi connectivity index (χ0) is 12.7. The Bertz CT molecular complexity index is 607. The second-order valence-electron chi connectivity index (χ2n) is 4.54. The quantitative estimate of drug-likeness (QED) is 0.830. The van der Waals surface area contributed by atoms with Crippen LogP contribution >= 0.6 is 11.6 Å². The molecule has 94 valence electrons. The molecule has 1 aromatic heterocycles. The van der Waals surface area contributed by atoms with Crippen LogP contribution in [-0.2, 0) is 12.8 Å². The SMILES string of the molecule is Nc1cc(-c2c(O)c(Cl)cc3c2CCCC3)on1. The Kier molecular flexibility index (Phi) is 2.67. The summed E-state index contributed by atoms with van der Waals surface area (Å²) < 4.78 is 5.16. The van der Waals surface area contributed by atoms with Crippen LogP contribution in [0.4, 0.5) is 5.82 Å². The van der Waals surface area contributed by atoms with Crippen LogP contribution in [0.3, 0.4) is 0 Å². The fourth-order valence-electron chi connectivity index (χ4n) is 2.53. The Morgan fingerprint density at radius 1 is 1.28 bits per heavy atom. The third-order valence-corrected chi connectivity index (χ3v) is 3.64. The van der Waals surface area contributed by atoms with E-state index in [9.17, 15) is 5.11 Å². The standard InChI is InChI=1S/C13H13ClN2O2/c14-9-5-7-3-1-2-4-8(7)12(13(9)17)10-6-11(15)16-18-10/h5-6,17H,1-4H2,(H2,15,16). The van der Waals surface area contributed by atoms with Crippen LogP contribution in [0.15, 0.2) is 16.7 Å². The van der Waals surface area contributed by atoms with Gasteiger partial charge in [-0.3, -0.25) is 0 Å². The van der Waals surface area contributed by atoms with E-state index < -0.39 is 0 Å². The summed E-state index contributed by atoms with van der Waals surface area (Å²) in [5.41, 5.74) is 8.47. The van der Waals surface area contributed by atoms with E-state index in [0.29, 0.717) is 22.2 Å². The number of nitrogens with zero attached hydrogens (tertiary/aromatic N) is 1. The number of phenols is 1. The van der Waals surface area contributed by atoms with Gasteiger partial charge in [0.05, 0.1) is 10.6 Å². The molecule has 0 bridgehead atoms. The molecular weight excluding hydrogens is 252 g/mol. The number of phenolic OH excluding ortho intramolecular Hbond substituents is 1. The van der Waals surface area contributed by atoms with Gasteiger partial charge >= 0.3 is 0 Å². The molecule has 2 aromatic rings. The summed E-state index contributed by atoms with van der Waals surface area (Å²) in [6.45, 7) is 0. The maximum absolute atomic E-state index is 10.2. The average Bonchev–Trinajstić information content (AvgIpc) is 2.77. The molecule has 0 fully saturated rings. The van der Waals surface area contributed by atoms with Crippen molar-refractivity contribution in [2.45, 2.75) is 25.7 Å². The third-order valence-electron chi connectivity index (χ3n) is 3.35. The van der Waals surface area contributed by atoms with Crippen LogP contribution in [0.5, 0.6) is 5.75 Å². The molecule has 0 atom stereocenters. The van der Waals surface area contributed by atoms with E-state index in [0.717, 1.165) is 31.2 Å². The summed E-state index contributed by atoms with van der Waals surface area (Å²) in [5, 5.41) is 14.2. The number of halogens is 1. The van der Waals surface area contributed by atoms with Gasteiger partial charge in [-0.15, -0.1) is 0 Å². The van der Waals surface area contributed by atoms with Crippen LogP contribution in [0.2, 0.25) is 5.02 Å². The average molecular weight is 265 g/mol. The zero-order valence-corrected chi connectivity index (χ0v) is 10.5. The molecule has 18 heavy (non-hydrogen) atoms. The van der Waals surface area contributed by atoms with Gasteiger partial charge in [0.1, 0.15) is 5.75 Å². The van der Waals surface area contributed by atoms with Crippen molar-refractivity contribution < 1.29 is 9.63 Å². The predicted molar refractivity (Wildman–Crippen MR) is 69.7 cm³/mol. The molecule has 1 aliphatic rings. The normalized spacial score (nSPS) is 14.5. The molecule has 0 saturated carbocycles. The van der Waals surface area contributed by atoms with E-state index in [2.05, 4.69) is 5.16 Å². The number of aryl methyl sites for hydroxylation is 1. The number of nitrogen functional groups attached to an aromatic ring is 1. The van der Waals surface area contributed by atoms with Gasteiger partial charge in [0.2, 0.25) is 0 Å². The summed E-state index contributed by atoms with van der Waals surface area (Å²) in [6.07, 6.45) is 4.14. The van der Waals surface area contributed by atoms with Gasteiger partial charge in [-0.2, -0.15) is 0 Å². The number of fused-ring (bicyclic) bond motifs is 1.